The number of aliphatic hydroxyl groups is 1. The molecule has 0 aromatic carbocycles. The van der Waals surface area contributed by atoms with Crippen LogP contribution in [0.25, 0.3) is 0 Å². The Morgan fingerprint density at radius 3 is 2.56 bits per heavy atom. The highest BCUT2D eigenvalue weighted by molar-refractivity contribution is 6.01. The third-order valence-electron chi connectivity index (χ3n) is 11.3. The minimum Gasteiger partial charge on any atom is -0.457 e. The van der Waals surface area contributed by atoms with E-state index >= 15 is 8.78 Å². The normalized spacial score (nSPS) is 38.9. The van der Waals surface area contributed by atoms with E-state index in [1.807, 2.05) is 0 Å². The standard InChI is InChI=1S/C33H44F2N2O11/c1-29(2)47-26-16-20-21-15-23(34)22-14-19(38)9-11-30(22,3)32(21,35)24(39)17-31(20,4)33(26,48-29)25(40)18-45-28(42)10-12-36-27(41)8-6-5-7-13-46-37(43)44/h9,11,14,20-21,23-24,26,39H,5-8,10,12-13,15-18H2,1-4H3,(H,36,41)/t20-,21-,23-,24-,26+,30-,31-,32-,33+/m0/s1. The third-order valence-corrected chi connectivity index (χ3v) is 11.3. The summed E-state index contributed by atoms with van der Waals surface area (Å²) in [6.07, 6.45) is 0.478. The van der Waals surface area contributed by atoms with Gasteiger partial charge in [0.25, 0.3) is 5.09 Å². The Hall–Kier alpha value is -3.30. The maximum absolute atomic E-state index is 17.6. The zero-order chi connectivity index (χ0) is 35.3. The van der Waals surface area contributed by atoms with E-state index in [0.717, 1.165) is 6.08 Å². The lowest BCUT2D eigenvalue weighted by Crippen LogP contribution is -2.71. The number of carbonyl (C=O) groups is 4. The van der Waals surface area contributed by atoms with Gasteiger partial charge in [-0.05, 0) is 76.5 Å². The molecule has 3 saturated carbocycles. The van der Waals surface area contributed by atoms with Gasteiger partial charge >= 0.3 is 5.97 Å². The summed E-state index contributed by atoms with van der Waals surface area (Å²) in [6.45, 7) is 5.70. The minimum atomic E-state index is -2.34. The predicted octanol–water partition coefficient (Wildman–Crippen LogP) is 3.19. The quantitative estimate of drug-likeness (QED) is 0.126. The van der Waals surface area contributed by atoms with E-state index in [1.165, 1.54) is 19.1 Å². The second kappa shape index (κ2) is 12.9. The largest absolute Gasteiger partial charge is 0.457 e. The van der Waals surface area contributed by atoms with Gasteiger partial charge < -0.3 is 29.5 Å². The molecule has 0 radical (unpaired) electrons. The van der Waals surface area contributed by atoms with Crippen molar-refractivity contribution in [2.45, 2.75) is 114 Å². The first-order valence-corrected chi connectivity index (χ1v) is 16.5. The van der Waals surface area contributed by atoms with Crippen LogP contribution in [0.4, 0.5) is 8.78 Å². The van der Waals surface area contributed by atoms with Crippen molar-refractivity contribution in [1.29, 1.82) is 0 Å². The first kappa shape index (κ1) is 36.0. The average molecular weight is 683 g/mol. The van der Waals surface area contributed by atoms with Gasteiger partial charge in [0.05, 0.1) is 25.2 Å². The van der Waals surface area contributed by atoms with Crippen LogP contribution < -0.4 is 5.32 Å². The number of aliphatic hydroxyl groups excluding tert-OH is 1. The topological polar surface area (TPSA) is 181 Å². The van der Waals surface area contributed by atoms with Crippen molar-refractivity contribution < 1.29 is 57.2 Å². The van der Waals surface area contributed by atoms with Gasteiger partial charge in [-0.25, -0.2) is 8.78 Å². The third kappa shape index (κ3) is 5.85. The van der Waals surface area contributed by atoms with Gasteiger partial charge in [-0.1, -0.05) is 19.4 Å². The minimum absolute atomic E-state index is 0.00239. The Morgan fingerprint density at radius 1 is 1.12 bits per heavy atom. The molecule has 1 heterocycles. The van der Waals surface area contributed by atoms with Crippen LogP contribution in [0.3, 0.4) is 0 Å². The van der Waals surface area contributed by atoms with Gasteiger partial charge in [0.1, 0.15) is 6.17 Å². The number of hydrogen-bond donors (Lipinski definition) is 2. The number of halogens is 2. The Kier molecular flexibility index (Phi) is 9.65. The highest BCUT2D eigenvalue weighted by atomic mass is 19.1. The smallest absolute Gasteiger partial charge is 0.308 e. The van der Waals surface area contributed by atoms with Gasteiger partial charge in [-0.2, -0.15) is 0 Å². The second-order valence-electron chi connectivity index (χ2n) is 14.5. The van der Waals surface area contributed by atoms with Crippen molar-refractivity contribution >= 4 is 23.4 Å². The van der Waals surface area contributed by atoms with Gasteiger partial charge in [-0.3, -0.25) is 19.2 Å². The number of alkyl halides is 2. The van der Waals surface area contributed by atoms with Crippen molar-refractivity contribution in [2.75, 3.05) is 19.8 Å². The number of rotatable bonds is 13. The molecule has 0 unspecified atom stereocenters. The first-order chi connectivity index (χ1) is 22.4. The van der Waals surface area contributed by atoms with E-state index in [0.29, 0.717) is 19.3 Å². The number of ketones is 2. The zero-order valence-corrected chi connectivity index (χ0v) is 27.6. The molecule has 1 aliphatic heterocycles. The van der Waals surface area contributed by atoms with E-state index < -0.39 is 87.3 Å². The van der Waals surface area contributed by atoms with E-state index in [9.17, 15) is 34.4 Å². The highest BCUT2D eigenvalue weighted by Crippen LogP contribution is 2.72. The number of ether oxygens (including phenoxy) is 3. The number of fused-ring (bicyclic) bond motifs is 7. The predicted molar refractivity (Wildman–Crippen MR) is 162 cm³/mol. The van der Waals surface area contributed by atoms with Crippen molar-refractivity contribution in [2.24, 2.45) is 22.7 Å². The van der Waals surface area contributed by atoms with Crippen LogP contribution in [0.1, 0.15) is 79.1 Å². The lowest BCUT2D eigenvalue weighted by molar-refractivity contribution is -0.757. The van der Waals surface area contributed by atoms with Crippen LogP contribution >= 0.6 is 0 Å². The fourth-order valence-electron chi connectivity index (χ4n) is 9.22. The lowest BCUT2D eigenvalue weighted by atomic mass is 9.44. The summed E-state index contributed by atoms with van der Waals surface area (Å²) in [7, 11) is 0. The fraction of sp³-hybridized carbons (Fsp3) is 0.758. The molecular formula is C33H44F2N2O11. The van der Waals surface area contributed by atoms with Crippen LogP contribution in [0, 0.1) is 32.8 Å². The number of unbranched alkanes of at least 4 members (excludes halogenated alkanes) is 2. The summed E-state index contributed by atoms with van der Waals surface area (Å²) >= 11 is 0. The highest BCUT2D eigenvalue weighted by Gasteiger charge is 2.80. The summed E-state index contributed by atoms with van der Waals surface area (Å²) < 4.78 is 51.3. The summed E-state index contributed by atoms with van der Waals surface area (Å²) in [5.74, 6) is -5.08. The van der Waals surface area contributed by atoms with Crippen molar-refractivity contribution in [3.05, 3.63) is 33.9 Å². The lowest BCUT2D eigenvalue weighted by Gasteiger charge is -2.63. The maximum Gasteiger partial charge on any atom is 0.308 e. The number of Topliss-reactive ketones (excluding diaryl/α,β-unsaturated/α-hetero) is 1. The molecule has 0 aromatic rings. The van der Waals surface area contributed by atoms with Gasteiger partial charge in [0.15, 0.2) is 29.4 Å². The molecule has 4 fully saturated rings. The number of carbonyl (C=O) groups excluding carboxylic acids is 4. The zero-order valence-electron chi connectivity index (χ0n) is 27.6. The van der Waals surface area contributed by atoms with Crippen LogP contribution in [0.15, 0.2) is 23.8 Å². The molecule has 0 spiro atoms. The van der Waals surface area contributed by atoms with Crippen molar-refractivity contribution in [1.82, 2.24) is 5.32 Å². The molecule has 15 heteroatoms. The van der Waals surface area contributed by atoms with Crippen LogP contribution in [0.2, 0.25) is 0 Å². The Labute approximate surface area is 276 Å². The van der Waals surface area contributed by atoms with Crippen molar-refractivity contribution in [3.63, 3.8) is 0 Å². The number of hydrogen-bond acceptors (Lipinski definition) is 11. The molecule has 13 nitrogen and oxygen atoms in total. The SMILES string of the molecule is CC1(C)O[C@@H]2C[C@H]3[C@@H]4C[C@H](F)C5=CC(=O)C=C[C@]5(C)[C@@]4(F)[C@@H](O)C[C@]3(C)[C@]2(C(=O)COC(=O)CCNC(=O)CCCCCO[N+](=O)[O-])O1. The summed E-state index contributed by atoms with van der Waals surface area (Å²) in [4.78, 5) is 65.3. The molecule has 0 bridgehead atoms. The molecule has 1 amide bonds. The Balaban J connectivity index is 1.25. The molecule has 266 valence electrons. The number of amides is 1. The van der Waals surface area contributed by atoms with Crippen LogP contribution in [-0.2, 0) is 38.2 Å². The molecule has 5 rings (SSSR count). The second-order valence-corrected chi connectivity index (χ2v) is 14.5. The summed E-state index contributed by atoms with van der Waals surface area (Å²) in [5.41, 5.74) is -6.90. The monoisotopic (exact) mass is 682 g/mol. The maximum atomic E-state index is 17.6. The summed E-state index contributed by atoms with van der Waals surface area (Å²) in [6, 6.07) is 0. The molecule has 9 atom stereocenters. The molecule has 1 saturated heterocycles. The molecule has 0 aromatic heterocycles. The Morgan fingerprint density at radius 2 is 1.85 bits per heavy atom. The van der Waals surface area contributed by atoms with Gasteiger partial charge in [0.2, 0.25) is 11.7 Å². The van der Waals surface area contributed by atoms with Crippen LogP contribution in [-0.4, -0.2) is 88.8 Å². The first-order valence-electron chi connectivity index (χ1n) is 16.5. The van der Waals surface area contributed by atoms with Gasteiger partial charge in [-0.15, -0.1) is 10.1 Å². The van der Waals surface area contributed by atoms with E-state index in [-0.39, 0.29) is 56.7 Å². The van der Waals surface area contributed by atoms with E-state index in [1.54, 1.807) is 20.8 Å². The number of allylic oxidation sites excluding steroid dienone is 4. The van der Waals surface area contributed by atoms with E-state index in [2.05, 4.69) is 10.2 Å². The molecular weight excluding hydrogens is 638 g/mol. The number of esters is 1. The molecule has 5 aliphatic rings. The molecule has 2 N–H and O–H groups in total. The molecule has 4 aliphatic carbocycles. The summed E-state index contributed by atoms with van der Waals surface area (Å²) in [5, 5.41) is 23.5. The van der Waals surface area contributed by atoms with E-state index in [4.69, 9.17) is 14.2 Å². The van der Waals surface area contributed by atoms with Crippen molar-refractivity contribution in [3.8, 4) is 0 Å². The number of nitrogens with zero attached hydrogens (tertiary/aromatic N) is 1. The number of nitrogens with one attached hydrogen (secondary N) is 1. The Bertz CT molecular complexity index is 1420. The fourth-order valence-corrected chi connectivity index (χ4v) is 9.22. The van der Waals surface area contributed by atoms with Crippen LogP contribution in [0.5, 0.6) is 0 Å². The average Bonchev–Trinajstić information content (AvgIpc) is 3.41. The molecule has 48 heavy (non-hydrogen) atoms. The van der Waals surface area contributed by atoms with Gasteiger partial charge in [0, 0.05) is 29.7 Å².